The van der Waals surface area contributed by atoms with E-state index >= 15 is 0 Å². The van der Waals surface area contributed by atoms with Crippen LogP contribution < -0.4 is 0 Å². The normalized spacial score (nSPS) is 40.6. The molecule has 2 aromatic carbocycles. The molecule has 0 amide bonds. The first-order valence-corrected chi connectivity index (χ1v) is 11.9. The average Bonchev–Trinajstić information content (AvgIpc) is 3.43. The van der Waals surface area contributed by atoms with Crippen LogP contribution in [0.3, 0.4) is 0 Å². The van der Waals surface area contributed by atoms with Gasteiger partial charge in [0.15, 0.2) is 18.4 Å². The molecule has 2 bridgehead atoms. The summed E-state index contributed by atoms with van der Waals surface area (Å²) in [5.41, 5.74) is 1.79. The van der Waals surface area contributed by atoms with Crippen LogP contribution in [-0.4, -0.2) is 77.7 Å². The number of ketones is 1. The van der Waals surface area contributed by atoms with E-state index in [1.807, 2.05) is 60.7 Å². The van der Waals surface area contributed by atoms with Crippen molar-refractivity contribution >= 4 is 5.78 Å². The molecule has 4 heterocycles. The second kappa shape index (κ2) is 9.68. The van der Waals surface area contributed by atoms with Crippen LogP contribution in [0, 0.1) is 0 Å². The number of rotatable bonds is 6. The predicted molar refractivity (Wildman–Crippen MR) is 119 cm³/mol. The number of aliphatic hydroxyl groups excluding tert-OH is 2. The Labute approximate surface area is 202 Å². The third-order valence-electron chi connectivity index (χ3n) is 7.01. The number of hydrogen-bond donors (Lipinski definition) is 2. The van der Waals surface area contributed by atoms with Gasteiger partial charge >= 0.3 is 0 Å². The Hall–Kier alpha value is -2.21. The van der Waals surface area contributed by atoms with Gasteiger partial charge in [0.25, 0.3) is 0 Å². The zero-order valence-electron chi connectivity index (χ0n) is 18.9. The van der Waals surface area contributed by atoms with Gasteiger partial charge in [-0.2, -0.15) is 0 Å². The number of hydrogen-bond acceptors (Lipinski definition) is 9. The molecule has 2 aromatic rings. The van der Waals surface area contributed by atoms with E-state index in [9.17, 15) is 15.0 Å². The molecule has 0 aromatic heterocycles. The second-order valence-corrected chi connectivity index (χ2v) is 9.33. The van der Waals surface area contributed by atoms with Gasteiger partial charge in [-0.05, 0) is 5.56 Å². The van der Waals surface area contributed by atoms with E-state index in [0.29, 0.717) is 6.61 Å². The quantitative estimate of drug-likeness (QED) is 0.626. The van der Waals surface area contributed by atoms with E-state index in [-0.39, 0.29) is 18.8 Å². The van der Waals surface area contributed by atoms with Gasteiger partial charge in [0.2, 0.25) is 0 Å². The van der Waals surface area contributed by atoms with Gasteiger partial charge < -0.3 is 38.6 Å². The van der Waals surface area contributed by atoms with Gasteiger partial charge in [0.1, 0.15) is 42.7 Å². The van der Waals surface area contributed by atoms with Gasteiger partial charge in [0, 0.05) is 12.0 Å². The van der Waals surface area contributed by atoms with E-state index in [1.54, 1.807) is 0 Å². The fourth-order valence-corrected chi connectivity index (χ4v) is 5.21. The van der Waals surface area contributed by atoms with Gasteiger partial charge in [-0.1, -0.05) is 60.7 Å². The minimum atomic E-state index is -1.39. The number of fused-ring (bicyclic) bond motifs is 3. The van der Waals surface area contributed by atoms with Crippen molar-refractivity contribution in [2.45, 2.75) is 74.4 Å². The summed E-state index contributed by atoms with van der Waals surface area (Å²) in [7, 11) is 0. The summed E-state index contributed by atoms with van der Waals surface area (Å²) in [6.07, 6.45) is -8.23. The van der Waals surface area contributed by atoms with Crippen LogP contribution in [0.15, 0.2) is 60.7 Å². The Balaban J connectivity index is 1.13. The second-order valence-electron chi connectivity index (χ2n) is 9.33. The van der Waals surface area contributed by atoms with Crippen LogP contribution >= 0.6 is 0 Å². The molecule has 0 saturated carbocycles. The number of benzene rings is 2. The highest BCUT2D eigenvalue weighted by molar-refractivity contribution is 5.87. The van der Waals surface area contributed by atoms with Crippen LogP contribution in [0.5, 0.6) is 0 Å². The molecule has 9 heteroatoms. The topological polar surface area (TPSA) is 113 Å². The lowest BCUT2D eigenvalue weighted by Gasteiger charge is -2.47. The molecular weight excluding hydrogens is 456 g/mol. The van der Waals surface area contributed by atoms with E-state index in [4.69, 9.17) is 28.4 Å². The van der Waals surface area contributed by atoms with Crippen molar-refractivity contribution in [3.63, 3.8) is 0 Å². The van der Waals surface area contributed by atoms with Crippen molar-refractivity contribution in [2.75, 3.05) is 6.61 Å². The van der Waals surface area contributed by atoms with Crippen LogP contribution in [0.1, 0.15) is 23.8 Å². The summed E-state index contributed by atoms with van der Waals surface area (Å²) < 4.78 is 35.7. The third-order valence-corrected chi connectivity index (χ3v) is 7.01. The maximum absolute atomic E-state index is 12.4. The van der Waals surface area contributed by atoms with Crippen molar-refractivity contribution in [1.29, 1.82) is 0 Å². The zero-order chi connectivity index (χ0) is 23.9. The first-order valence-electron chi connectivity index (χ1n) is 11.9. The lowest BCUT2D eigenvalue weighted by molar-refractivity contribution is -0.369. The molecule has 4 fully saturated rings. The van der Waals surface area contributed by atoms with Crippen molar-refractivity contribution in [2.24, 2.45) is 0 Å². The van der Waals surface area contributed by atoms with Gasteiger partial charge in [-0.3, -0.25) is 4.79 Å². The van der Waals surface area contributed by atoms with Crippen LogP contribution in [0.2, 0.25) is 0 Å². The van der Waals surface area contributed by atoms with Crippen molar-refractivity contribution < 1.29 is 43.4 Å². The van der Waals surface area contributed by atoms with Gasteiger partial charge in [-0.15, -0.1) is 0 Å². The van der Waals surface area contributed by atoms with Crippen molar-refractivity contribution in [1.82, 2.24) is 0 Å². The summed E-state index contributed by atoms with van der Waals surface area (Å²) in [5, 5.41) is 21.7. The molecule has 10 atom stereocenters. The number of ether oxygens (including phenoxy) is 6. The Kier molecular flexibility index (Phi) is 6.42. The fourth-order valence-electron chi connectivity index (χ4n) is 5.21. The SMILES string of the molecule is O=C1C[C@H]2O[C@@H]1[C@H](O[C@@H]1OC3CO[C@@H](c4ccccc4)OC3[C@H](O)[C@H]1O)[C@H]2OCc1ccccc1. The first-order chi connectivity index (χ1) is 17.1. The highest BCUT2D eigenvalue weighted by atomic mass is 16.8. The van der Waals surface area contributed by atoms with E-state index in [2.05, 4.69) is 0 Å². The molecule has 2 unspecified atom stereocenters. The lowest BCUT2D eigenvalue weighted by Crippen LogP contribution is -2.63. The summed E-state index contributed by atoms with van der Waals surface area (Å²) in [6.45, 7) is 0.476. The van der Waals surface area contributed by atoms with Crippen molar-refractivity contribution in [3.8, 4) is 0 Å². The molecular formula is C26H28O9. The molecule has 186 valence electrons. The number of carbonyl (C=O) groups is 1. The Morgan fingerprint density at radius 2 is 1.60 bits per heavy atom. The molecule has 6 rings (SSSR count). The van der Waals surface area contributed by atoms with E-state index < -0.39 is 61.4 Å². The summed E-state index contributed by atoms with van der Waals surface area (Å²) in [4.78, 5) is 12.4. The van der Waals surface area contributed by atoms with E-state index in [1.165, 1.54) is 0 Å². The lowest BCUT2D eigenvalue weighted by atomic mass is 9.92. The predicted octanol–water partition coefficient (Wildman–Crippen LogP) is 1.26. The van der Waals surface area contributed by atoms with Gasteiger partial charge in [-0.25, -0.2) is 0 Å². The molecule has 2 N–H and O–H groups in total. The molecule has 35 heavy (non-hydrogen) atoms. The number of carbonyl (C=O) groups excluding carboxylic acids is 1. The largest absolute Gasteiger partial charge is 0.387 e. The van der Waals surface area contributed by atoms with Crippen LogP contribution in [0.25, 0.3) is 0 Å². The van der Waals surface area contributed by atoms with E-state index in [0.717, 1.165) is 11.1 Å². The van der Waals surface area contributed by atoms with Crippen LogP contribution in [-0.2, 0) is 39.8 Å². The molecule has 0 aliphatic carbocycles. The highest BCUT2D eigenvalue weighted by Crippen LogP contribution is 2.40. The first kappa shape index (κ1) is 23.2. The van der Waals surface area contributed by atoms with Crippen LogP contribution in [0.4, 0.5) is 0 Å². The molecule has 4 saturated heterocycles. The number of Topliss-reactive ketones (excluding diaryl/α,β-unsaturated/α-hetero) is 1. The fraction of sp³-hybridized carbons (Fsp3) is 0.500. The molecule has 4 aliphatic heterocycles. The highest BCUT2D eigenvalue weighted by Gasteiger charge is 2.58. The molecule has 9 nitrogen and oxygen atoms in total. The Morgan fingerprint density at radius 3 is 2.37 bits per heavy atom. The zero-order valence-corrected chi connectivity index (χ0v) is 18.9. The Bertz CT molecular complexity index is 1020. The standard InChI is InChI=1S/C26H28O9/c27-16-11-17-23(30-12-14-7-3-1-4-8-14)24(21(16)32-17)35-26-20(29)19(28)22-18(33-26)13-31-25(34-22)15-9-5-2-6-10-15/h1-10,17-26,28-29H,11-13H2/t17-,18?,19-,20-,21+,22?,23+,24+,25-,26+/m1/s1. The molecule has 0 radical (unpaired) electrons. The van der Waals surface area contributed by atoms with Crippen molar-refractivity contribution in [3.05, 3.63) is 71.8 Å². The maximum atomic E-state index is 12.4. The maximum Gasteiger partial charge on any atom is 0.187 e. The summed E-state index contributed by atoms with van der Waals surface area (Å²) in [6, 6.07) is 19.0. The minimum absolute atomic E-state index is 0.0710. The summed E-state index contributed by atoms with van der Waals surface area (Å²) >= 11 is 0. The molecule has 0 spiro atoms. The smallest absolute Gasteiger partial charge is 0.187 e. The number of aliphatic hydroxyl groups is 2. The molecule has 4 aliphatic rings. The van der Waals surface area contributed by atoms with Gasteiger partial charge in [0.05, 0.1) is 19.3 Å². The minimum Gasteiger partial charge on any atom is -0.387 e. The monoisotopic (exact) mass is 484 g/mol. The third kappa shape index (κ3) is 4.43. The Morgan fingerprint density at radius 1 is 0.857 bits per heavy atom. The summed E-state index contributed by atoms with van der Waals surface area (Å²) in [5.74, 6) is -0.0710. The average molecular weight is 485 g/mol.